The molecular weight excluding hydrogens is 242 g/mol. The standard InChI is InChI=1S/C13H19N5O/c1-14-9-13(19)5-2-7-17(10-13)12-4-3-11-15-6-8-18(11)16-12/h3-4,6,8,14,19H,2,5,7,9-10H2,1H3. The fourth-order valence-electron chi connectivity index (χ4n) is 2.76. The number of hydrogen-bond donors (Lipinski definition) is 2. The summed E-state index contributed by atoms with van der Waals surface area (Å²) in [6, 6.07) is 3.92. The second-order valence-electron chi connectivity index (χ2n) is 5.20. The van der Waals surface area contributed by atoms with Crippen LogP contribution in [0.3, 0.4) is 0 Å². The van der Waals surface area contributed by atoms with Gasteiger partial charge in [-0.2, -0.15) is 0 Å². The Balaban J connectivity index is 1.84. The molecule has 1 saturated heterocycles. The minimum atomic E-state index is -0.668. The minimum Gasteiger partial charge on any atom is -0.387 e. The van der Waals surface area contributed by atoms with E-state index in [0.717, 1.165) is 30.9 Å². The number of hydrogen-bond acceptors (Lipinski definition) is 5. The predicted molar refractivity (Wildman–Crippen MR) is 73.3 cm³/mol. The highest BCUT2D eigenvalue weighted by Crippen LogP contribution is 2.24. The molecule has 0 bridgehead atoms. The Hall–Kier alpha value is -1.66. The van der Waals surface area contributed by atoms with E-state index < -0.39 is 5.60 Å². The molecule has 1 unspecified atom stereocenters. The summed E-state index contributed by atoms with van der Waals surface area (Å²) in [6.07, 6.45) is 5.38. The SMILES string of the molecule is CNCC1(O)CCCN(c2ccc3nccn3n2)C1. The number of fused-ring (bicyclic) bond motifs is 1. The van der Waals surface area contributed by atoms with Crippen molar-refractivity contribution in [3.05, 3.63) is 24.5 Å². The zero-order valence-electron chi connectivity index (χ0n) is 11.1. The first-order valence-corrected chi connectivity index (χ1v) is 6.63. The second-order valence-corrected chi connectivity index (χ2v) is 5.20. The molecule has 1 atom stereocenters. The minimum absolute atomic E-state index is 0.608. The Kier molecular flexibility index (Phi) is 3.12. The molecule has 1 aliphatic heterocycles. The Labute approximate surface area is 112 Å². The van der Waals surface area contributed by atoms with Crippen LogP contribution in [0.5, 0.6) is 0 Å². The van der Waals surface area contributed by atoms with E-state index in [1.54, 1.807) is 10.7 Å². The number of rotatable bonds is 3. The van der Waals surface area contributed by atoms with E-state index in [2.05, 4.69) is 20.3 Å². The Morgan fingerprint density at radius 1 is 1.47 bits per heavy atom. The number of imidazole rings is 1. The molecule has 0 spiro atoms. The third kappa shape index (κ3) is 2.41. The van der Waals surface area contributed by atoms with Crippen LogP contribution in [0.4, 0.5) is 5.82 Å². The van der Waals surface area contributed by atoms with E-state index in [9.17, 15) is 5.11 Å². The molecule has 1 fully saturated rings. The number of anilines is 1. The molecule has 2 aromatic heterocycles. The molecule has 0 amide bonds. The quantitative estimate of drug-likeness (QED) is 0.831. The number of likely N-dealkylation sites (N-methyl/N-ethyl adjacent to an activating group) is 1. The van der Waals surface area contributed by atoms with Crippen LogP contribution in [0.15, 0.2) is 24.5 Å². The summed E-state index contributed by atoms with van der Waals surface area (Å²) in [5, 5.41) is 18.1. The van der Waals surface area contributed by atoms with Gasteiger partial charge in [0.2, 0.25) is 0 Å². The molecule has 3 heterocycles. The summed E-state index contributed by atoms with van der Waals surface area (Å²) in [6.45, 7) is 2.15. The van der Waals surface area contributed by atoms with Crippen LogP contribution in [0.25, 0.3) is 5.65 Å². The Bertz CT molecular complexity index is 565. The number of β-amino-alcohol motifs (C(OH)–C–C–N with tert-alkyl or cyclic N) is 1. The number of piperidine rings is 1. The van der Waals surface area contributed by atoms with Crippen molar-refractivity contribution in [2.24, 2.45) is 0 Å². The maximum absolute atomic E-state index is 10.5. The summed E-state index contributed by atoms with van der Waals surface area (Å²) < 4.78 is 1.76. The molecule has 2 aromatic rings. The number of aromatic nitrogens is 3. The zero-order chi connectivity index (χ0) is 13.3. The van der Waals surface area contributed by atoms with Crippen LogP contribution in [0.1, 0.15) is 12.8 Å². The molecule has 2 N–H and O–H groups in total. The lowest BCUT2D eigenvalue weighted by Crippen LogP contribution is -2.53. The van der Waals surface area contributed by atoms with Gasteiger partial charge in [-0.15, -0.1) is 5.10 Å². The smallest absolute Gasteiger partial charge is 0.153 e. The van der Waals surface area contributed by atoms with Crippen molar-refractivity contribution in [3.8, 4) is 0 Å². The zero-order valence-corrected chi connectivity index (χ0v) is 11.1. The first-order chi connectivity index (χ1) is 9.20. The van der Waals surface area contributed by atoms with Crippen LogP contribution in [-0.2, 0) is 0 Å². The van der Waals surface area contributed by atoms with Gasteiger partial charge in [0, 0.05) is 32.0 Å². The largest absolute Gasteiger partial charge is 0.387 e. The lowest BCUT2D eigenvalue weighted by molar-refractivity contribution is 0.0279. The van der Waals surface area contributed by atoms with Crippen LogP contribution in [0, 0.1) is 0 Å². The van der Waals surface area contributed by atoms with Gasteiger partial charge in [0.05, 0.1) is 5.60 Å². The highest BCUT2D eigenvalue weighted by Gasteiger charge is 2.33. The predicted octanol–water partition coefficient (Wildman–Crippen LogP) is 0.280. The van der Waals surface area contributed by atoms with E-state index in [4.69, 9.17) is 0 Å². The molecule has 19 heavy (non-hydrogen) atoms. The molecule has 0 radical (unpaired) electrons. The summed E-state index contributed by atoms with van der Waals surface area (Å²) in [5.74, 6) is 0.889. The van der Waals surface area contributed by atoms with Crippen molar-refractivity contribution in [1.82, 2.24) is 19.9 Å². The molecule has 0 aromatic carbocycles. The monoisotopic (exact) mass is 261 g/mol. The number of aliphatic hydroxyl groups is 1. The van der Waals surface area contributed by atoms with Gasteiger partial charge < -0.3 is 15.3 Å². The van der Waals surface area contributed by atoms with Gasteiger partial charge in [0.1, 0.15) is 5.82 Å². The lowest BCUT2D eigenvalue weighted by Gasteiger charge is -2.39. The molecule has 1 aliphatic rings. The van der Waals surface area contributed by atoms with Gasteiger partial charge in [0.25, 0.3) is 0 Å². The van der Waals surface area contributed by atoms with Crippen molar-refractivity contribution < 1.29 is 5.11 Å². The summed E-state index contributed by atoms with van der Waals surface area (Å²) >= 11 is 0. The molecule has 3 rings (SSSR count). The van der Waals surface area contributed by atoms with Crippen molar-refractivity contribution >= 4 is 11.5 Å². The van der Waals surface area contributed by atoms with E-state index >= 15 is 0 Å². The first-order valence-electron chi connectivity index (χ1n) is 6.63. The van der Waals surface area contributed by atoms with E-state index in [1.807, 2.05) is 25.4 Å². The average molecular weight is 261 g/mol. The van der Waals surface area contributed by atoms with Crippen molar-refractivity contribution in [1.29, 1.82) is 0 Å². The van der Waals surface area contributed by atoms with Crippen LogP contribution < -0.4 is 10.2 Å². The Morgan fingerprint density at radius 3 is 3.21 bits per heavy atom. The molecule has 102 valence electrons. The van der Waals surface area contributed by atoms with Gasteiger partial charge in [-0.05, 0) is 32.0 Å². The van der Waals surface area contributed by atoms with Crippen molar-refractivity contribution in [3.63, 3.8) is 0 Å². The molecule has 6 heteroatoms. The fourth-order valence-corrected chi connectivity index (χ4v) is 2.76. The van der Waals surface area contributed by atoms with Crippen molar-refractivity contribution in [2.45, 2.75) is 18.4 Å². The van der Waals surface area contributed by atoms with Crippen LogP contribution in [-0.4, -0.2) is 52.0 Å². The van der Waals surface area contributed by atoms with Gasteiger partial charge in [0.15, 0.2) is 5.65 Å². The summed E-state index contributed by atoms with van der Waals surface area (Å²) in [5.41, 5.74) is 0.171. The lowest BCUT2D eigenvalue weighted by atomic mass is 9.93. The van der Waals surface area contributed by atoms with Gasteiger partial charge in [-0.25, -0.2) is 9.50 Å². The molecule has 6 nitrogen and oxygen atoms in total. The van der Waals surface area contributed by atoms with E-state index in [-0.39, 0.29) is 0 Å². The van der Waals surface area contributed by atoms with Crippen LogP contribution >= 0.6 is 0 Å². The molecule has 0 saturated carbocycles. The maximum atomic E-state index is 10.5. The summed E-state index contributed by atoms with van der Waals surface area (Å²) in [7, 11) is 1.87. The third-order valence-corrected chi connectivity index (χ3v) is 3.63. The normalized spacial score (nSPS) is 24.0. The Morgan fingerprint density at radius 2 is 2.37 bits per heavy atom. The average Bonchev–Trinajstić information content (AvgIpc) is 2.85. The molecular formula is C13H19N5O. The van der Waals surface area contributed by atoms with Gasteiger partial charge in [-0.3, -0.25) is 0 Å². The maximum Gasteiger partial charge on any atom is 0.153 e. The molecule has 0 aliphatic carbocycles. The van der Waals surface area contributed by atoms with Crippen molar-refractivity contribution in [2.75, 3.05) is 31.6 Å². The fraction of sp³-hybridized carbons (Fsp3) is 0.538. The van der Waals surface area contributed by atoms with E-state index in [0.29, 0.717) is 13.1 Å². The van der Waals surface area contributed by atoms with Gasteiger partial charge in [-0.1, -0.05) is 0 Å². The summed E-state index contributed by atoms with van der Waals surface area (Å²) in [4.78, 5) is 6.32. The van der Waals surface area contributed by atoms with Crippen LogP contribution in [0.2, 0.25) is 0 Å². The first kappa shape index (κ1) is 12.4. The van der Waals surface area contributed by atoms with Gasteiger partial charge >= 0.3 is 0 Å². The number of nitrogens with one attached hydrogen (secondary N) is 1. The number of nitrogens with zero attached hydrogens (tertiary/aromatic N) is 4. The second kappa shape index (κ2) is 4.79. The third-order valence-electron chi connectivity index (χ3n) is 3.63. The van der Waals surface area contributed by atoms with E-state index in [1.165, 1.54) is 0 Å². The topological polar surface area (TPSA) is 65.7 Å². The highest BCUT2D eigenvalue weighted by molar-refractivity contribution is 5.46. The highest BCUT2D eigenvalue weighted by atomic mass is 16.3.